The molecule has 1 aromatic rings. The number of nitrogens with one attached hydrogen (secondary N) is 1. The number of likely N-dealkylation sites (N-methyl/N-ethyl adjacent to an activating group) is 1. The molecule has 1 aliphatic rings. The molecule has 1 unspecified atom stereocenters. The third-order valence-electron chi connectivity index (χ3n) is 3.46. The van der Waals surface area contributed by atoms with E-state index < -0.39 is 0 Å². The van der Waals surface area contributed by atoms with Crippen LogP contribution in [0.3, 0.4) is 0 Å². The van der Waals surface area contributed by atoms with Gasteiger partial charge in [-0.15, -0.1) is 0 Å². The van der Waals surface area contributed by atoms with E-state index in [1.165, 1.54) is 25.1 Å². The lowest BCUT2D eigenvalue weighted by Crippen LogP contribution is -2.31. The van der Waals surface area contributed by atoms with Gasteiger partial charge in [-0.25, -0.2) is 0 Å². The van der Waals surface area contributed by atoms with Gasteiger partial charge >= 0.3 is 0 Å². The summed E-state index contributed by atoms with van der Waals surface area (Å²) in [5, 5.41) is 3.36. The van der Waals surface area contributed by atoms with Gasteiger partial charge in [-0.3, -0.25) is 4.90 Å². The van der Waals surface area contributed by atoms with E-state index in [1.54, 1.807) is 0 Å². The van der Waals surface area contributed by atoms with E-state index in [2.05, 4.69) is 54.5 Å². The van der Waals surface area contributed by atoms with Crippen molar-refractivity contribution in [1.29, 1.82) is 0 Å². The van der Waals surface area contributed by atoms with E-state index in [4.69, 9.17) is 0 Å². The van der Waals surface area contributed by atoms with Crippen LogP contribution in [0.25, 0.3) is 0 Å². The average Bonchev–Trinajstić information content (AvgIpc) is 2.78. The maximum absolute atomic E-state index is 3.36. The van der Waals surface area contributed by atoms with Crippen LogP contribution in [0.1, 0.15) is 24.9 Å². The van der Waals surface area contributed by atoms with Gasteiger partial charge in [0.05, 0.1) is 0 Å². The van der Waals surface area contributed by atoms with Crippen molar-refractivity contribution in [3.05, 3.63) is 35.9 Å². The van der Waals surface area contributed by atoms with E-state index in [0.717, 1.165) is 0 Å². The highest BCUT2D eigenvalue weighted by Crippen LogP contribution is 2.24. The fourth-order valence-corrected chi connectivity index (χ4v) is 2.32. The molecule has 1 aliphatic heterocycles. The summed E-state index contributed by atoms with van der Waals surface area (Å²) in [5.41, 5.74) is 1.43. The van der Waals surface area contributed by atoms with Crippen molar-refractivity contribution < 1.29 is 0 Å². The minimum Gasteiger partial charge on any atom is -0.316 e. The quantitative estimate of drug-likeness (QED) is 0.810. The summed E-state index contributed by atoms with van der Waals surface area (Å²) in [6.45, 7) is 4.68. The van der Waals surface area contributed by atoms with Crippen LogP contribution in [-0.2, 0) is 0 Å². The molecule has 1 fully saturated rings. The maximum atomic E-state index is 3.36. The van der Waals surface area contributed by atoms with E-state index in [1.807, 2.05) is 0 Å². The van der Waals surface area contributed by atoms with Crippen molar-refractivity contribution in [3.63, 3.8) is 0 Å². The summed E-state index contributed by atoms with van der Waals surface area (Å²) >= 11 is 0. The second-order valence-electron chi connectivity index (χ2n) is 4.36. The highest BCUT2D eigenvalue weighted by Gasteiger charge is 2.25. The Morgan fingerprint density at radius 3 is 2.67 bits per heavy atom. The van der Waals surface area contributed by atoms with E-state index in [-0.39, 0.29) is 0 Å². The second-order valence-corrected chi connectivity index (χ2v) is 4.36. The highest BCUT2D eigenvalue weighted by molar-refractivity contribution is 5.18. The molecule has 2 nitrogen and oxygen atoms in total. The zero-order valence-electron chi connectivity index (χ0n) is 9.61. The first kappa shape index (κ1) is 10.7. The highest BCUT2D eigenvalue weighted by atomic mass is 15.2. The first-order valence-corrected chi connectivity index (χ1v) is 5.77. The van der Waals surface area contributed by atoms with Gasteiger partial charge < -0.3 is 5.32 Å². The molecule has 1 saturated heterocycles. The van der Waals surface area contributed by atoms with Gasteiger partial charge in [0.2, 0.25) is 0 Å². The molecule has 1 aromatic carbocycles. The van der Waals surface area contributed by atoms with E-state index in [0.29, 0.717) is 12.1 Å². The smallest absolute Gasteiger partial charge is 0.0320 e. The first-order valence-electron chi connectivity index (χ1n) is 5.77. The van der Waals surface area contributed by atoms with Crippen LogP contribution in [0, 0.1) is 0 Å². The zero-order valence-corrected chi connectivity index (χ0v) is 9.61. The van der Waals surface area contributed by atoms with Crippen LogP contribution in [0.5, 0.6) is 0 Å². The largest absolute Gasteiger partial charge is 0.316 e. The monoisotopic (exact) mass is 204 g/mol. The fourth-order valence-electron chi connectivity index (χ4n) is 2.32. The Kier molecular flexibility index (Phi) is 3.39. The molecule has 15 heavy (non-hydrogen) atoms. The van der Waals surface area contributed by atoms with Crippen molar-refractivity contribution in [2.75, 3.05) is 20.1 Å². The van der Waals surface area contributed by atoms with Gasteiger partial charge in [0.15, 0.2) is 0 Å². The Bertz CT molecular complexity index is 297. The van der Waals surface area contributed by atoms with Crippen molar-refractivity contribution in [3.8, 4) is 0 Å². The van der Waals surface area contributed by atoms with Gasteiger partial charge in [0, 0.05) is 25.2 Å². The van der Waals surface area contributed by atoms with E-state index >= 15 is 0 Å². The van der Waals surface area contributed by atoms with Gasteiger partial charge in [-0.05, 0) is 26.0 Å². The van der Waals surface area contributed by atoms with Crippen LogP contribution < -0.4 is 5.32 Å². The molecule has 2 atom stereocenters. The van der Waals surface area contributed by atoms with Crippen LogP contribution in [0.15, 0.2) is 30.3 Å². The molecule has 1 N–H and O–H groups in total. The molecule has 0 aliphatic carbocycles. The Morgan fingerprint density at radius 1 is 1.33 bits per heavy atom. The van der Waals surface area contributed by atoms with Crippen LogP contribution >= 0.6 is 0 Å². The van der Waals surface area contributed by atoms with Crippen LogP contribution in [0.2, 0.25) is 0 Å². The Labute approximate surface area is 92.3 Å². The lowest BCUT2D eigenvalue weighted by Gasteiger charge is -2.24. The molecule has 2 heteroatoms. The lowest BCUT2D eigenvalue weighted by atomic mass is 10.1. The number of nitrogens with zero attached hydrogens (tertiary/aromatic N) is 1. The minimum absolute atomic E-state index is 0.546. The maximum Gasteiger partial charge on any atom is 0.0320 e. The molecule has 1 heterocycles. The number of benzene rings is 1. The molecular weight excluding hydrogens is 184 g/mol. The van der Waals surface area contributed by atoms with Crippen LogP contribution in [-0.4, -0.2) is 31.1 Å². The van der Waals surface area contributed by atoms with E-state index in [9.17, 15) is 0 Å². The summed E-state index contributed by atoms with van der Waals surface area (Å²) in [7, 11) is 2.06. The van der Waals surface area contributed by atoms with Gasteiger partial charge in [-0.2, -0.15) is 0 Å². The molecule has 0 spiro atoms. The summed E-state index contributed by atoms with van der Waals surface area (Å²) in [6.07, 6.45) is 1.27. The summed E-state index contributed by atoms with van der Waals surface area (Å²) in [4.78, 5) is 2.55. The van der Waals surface area contributed by atoms with Crippen LogP contribution in [0.4, 0.5) is 0 Å². The van der Waals surface area contributed by atoms with Crippen molar-refractivity contribution >= 4 is 0 Å². The molecule has 0 radical (unpaired) electrons. The van der Waals surface area contributed by atoms with Crippen molar-refractivity contribution in [2.45, 2.75) is 25.4 Å². The number of hydrogen-bond donors (Lipinski definition) is 1. The second kappa shape index (κ2) is 4.77. The predicted octanol–water partition coefficient (Wildman–Crippen LogP) is 2.04. The molecule has 2 rings (SSSR count). The molecule has 0 aromatic heterocycles. The first-order chi connectivity index (χ1) is 7.31. The fraction of sp³-hybridized carbons (Fsp3) is 0.538. The van der Waals surface area contributed by atoms with Crippen molar-refractivity contribution in [1.82, 2.24) is 10.2 Å². The minimum atomic E-state index is 0.546. The summed E-state index contributed by atoms with van der Waals surface area (Å²) in [5.74, 6) is 0. The number of hydrogen-bond acceptors (Lipinski definition) is 2. The zero-order chi connectivity index (χ0) is 10.7. The number of rotatable bonds is 3. The third kappa shape index (κ3) is 2.39. The predicted molar refractivity (Wildman–Crippen MR) is 63.9 cm³/mol. The van der Waals surface area contributed by atoms with Gasteiger partial charge in [-0.1, -0.05) is 30.3 Å². The number of likely N-dealkylation sites (tertiary alicyclic amines) is 1. The Hall–Kier alpha value is -0.860. The SMILES string of the molecule is CN[C@H]1CCN(C(C)c2ccccc2)C1. The normalized spacial score (nSPS) is 24.3. The average molecular weight is 204 g/mol. The molecule has 0 bridgehead atoms. The topological polar surface area (TPSA) is 15.3 Å². The molecule has 82 valence electrons. The molecule has 0 amide bonds. The Balaban J connectivity index is 2.00. The molecule has 0 saturated carbocycles. The summed E-state index contributed by atoms with van der Waals surface area (Å²) in [6, 6.07) is 12.0. The third-order valence-corrected chi connectivity index (χ3v) is 3.46. The van der Waals surface area contributed by atoms with Crippen molar-refractivity contribution in [2.24, 2.45) is 0 Å². The lowest BCUT2D eigenvalue weighted by molar-refractivity contribution is 0.257. The Morgan fingerprint density at radius 2 is 2.07 bits per heavy atom. The molecular formula is C13H20N2. The van der Waals surface area contributed by atoms with Gasteiger partial charge in [0.25, 0.3) is 0 Å². The standard InChI is InChI=1S/C13H20N2/c1-11(12-6-4-3-5-7-12)15-9-8-13(10-15)14-2/h3-7,11,13-14H,8-10H2,1-2H3/t11?,13-/m0/s1. The summed E-state index contributed by atoms with van der Waals surface area (Å²) < 4.78 is 0. The van der Waals surface area contributed by atoms with Gasteiger partial charge in [0.1, 0.15) is 0 Å².